The minimum Gasteiger partial charge on any atom is -0.480 e. The molecule has 0 aromatic heterocycles. The molecule has 0 spiro atoms. The molecule has 1 saturated heterocycles. The largest absolute Gasteiger partial charge is 0.480 e. The zero-order chi connectivity index (χ0) is 9.90. The number of thioether (sulfide) groups is 1. The van der Waals surface area contributed by atoms with E-state index in [0.717, 1.165) is 25.1 Å². The number of halogens is 1. The lowest BCUT2D eigenvalue weighted by atomic mass is 9.92. The van der Waals surface area contributed by atoms with Crippen LogP contribution in [0.1, 0.15) is 26.7 Å². The van der Waals surface area contributed by atoms with Crippen LogP contribution in [0, 0.1) is 0 Å². The second-order valence-corrected chi connectivity index (χ2v) is 4.86. The van der Waals surface area contributed by atoms with Crippen LogP contribution < -0.4 is 5.32 Å². The Kier molecular flexibility index (Phi) is 5.86. The predicted octanol–water partition coefficient (Wildman–Crippen LogP) is 1.76. The summed E-state index contributed by atoms with van der Waals surface area (Å²) >= 11 is 1.80. The quantitative estimate of drug-likeness (QED) is 0.788. The normalized spacial score (nSPS) is 25.1. The molecule has 0 amide bonds. The molecule has 1 atom stereocenters. The Hall–Kier alpha value is 0.0700. The van der Waals surface area contributed by atoms with E-state index < -0.39 is 5.97 Å². The molecule has 0 aliphatic carbocycles. The van der Waals surface area contributed by atoms with E-state index in [1.165, 1.54) is 0 Å². The van der Waals surface area contributed by atoms with Gasteiger partial charge in [0, 0.05) is 17.0 Å². The van der Waals surface area contributed by atoms with Gasteiger partial charge in [-0.3, -0.25) is 4.79 Å². The zero-order valence-corrected chi connectivity index (χ0v) is 10.2. The summed E-state index contributed by atoms with van der Waals surface area (Å²) in [5.41, 5.74) is 0. The van der Waals surface area contributed by atoms with Gasteiger partial charge in [0.2, 0.25) is 0 Å². The SMILES string of the molecule is CCC1(CC)SCCNC1C(=O)O.Cl. The minimum atomic E-state index is -0.712. The predicted molar refractivity (Wildman–Crippen MR) is 62.4 cm³/mol. The minimum absolute atomic E-state index is 0. The van der Waals surface area contributed by atoms with Gasteiger partial charge in [-0.05, 0) is 12.8 Å². The van der Waals surface area contributed by atoms with Crippen molar-refractivity contribution >= 4 is 30.1 Å². The van der Waals surface area contributed by atoms with Gasteiger partial charge in [-0.1, -0.05) is 13.8 Å². The number of carbonyl (C=O) groups is 1. The molecule has 84 valence electrons. The Bertz CT molecular complexity index is 197. The molecular weight excluding hydrogens is 222 g/mol. The highest BCUT2D eigenvalue weighted by atomic mass is 35.5. The van der Waals surface area contributed by atoms with E-state index in [-0.39, 0.29) is 23.2 Å². The molecule has 1 heterocycles. The number of aliphatic carboxylic acids is 1. The van der Waals surface area contributed by atoms with Crippen molar-refractivity contribution in [2.24, 2.45) is 0 Å². The number of hydrogen-bond donors (Lipinski definition) is 2. The smallest absolute Gasteiger partial charge is 0.322 e. The molecule has 0 aromatic rings. The lowest BCUT2D eigenvalue weighted by Gasteiger charge is -2.40. The van der Waals surface area contributed by atoms with Crippen molar-refractivity contribution in [2.75, 3.05) is 12.3 Å². The molecule has 5 heteroatoms. The van der Waals surface area contributed by atoms with E-state index in [2.05, 4.69) is 19.2 Å². The summed E-state index contributed by atoms with van der Waals surface area (Å²) in [6.45, 7) is 4.95. The van der Waals surface area contributed by atoms with Gasteiger partial charge in [0.15, 0.2) is 0 Å². The number of carboxylic acid groups (broad SMARTS) is 1. The Morgan fingerprint density at radius 1 is 1.57 bits per heavy atom. The standard InChI is InChI=1S/C9H17NO2S.ClH/c1-3-9(4-2)7(8(11)12)10-5-6-13-9;/h7,10H,3-6H2,1-2H3,(H,11,12);1H. The second-order valence-electron chi connectivity index (χ2n) is 3.35. The highest BCUT2D eigenvalue weighted by Gasteiger charge is 2.42. The molecule has 0 aromatic carbocycles. The monoisotopic (exact) mass is 239 g/mol. The first kappa shape index (κ1) is 14.1. The van der Waals surface area contributed by atoms with E-state index in [1.807, 2.05) is 0 Å². The van der Waals surface area contributed by atoms with Crippen molar-refractivity contribution in [1.29, 1.82) is 0 Å². The van der Waals surface area contributed by atoms with Crippen molar-refractivity contribution in [3.8, 4) is 0 Å². The van der Waals surface area contributed by atoms with Crippen LogP contribution in [0.2, 0.25) is 0 Å². The molecular formula is C9H18ClNO2S. The maximum Gasteiger partial charge on any atom is 0.322 e. The van der Waals surface area contributed by atoms with E-state index in [9.17, 15) is 4.79 Å². The summed E-state index contributed by atoms with van der Waals surface area (Å²) in [5.74, 6) is 0.307. The van der Waals surface area contributed by atoms with Crippen molar-refractivity contribution in [3.63, 3.8) is 0 Å². The second kappa shape index (κ2) is 5.83. The summed E-state index contributed by atoms with van der Waals surface area (Å²) in [6.07, 6.45) is 1.83. The van der Waals surface area contributed by atoms with Crippen LogP contribution in [0.5, 0.6) is 0 Å². The highest BCUT2D eigenvalue weighted by Crippen LogP contribution is 2.38. The summed E-state index contributed by atoms with van der Waals surface area (Å²) in [6, 6.07) is -0.374. The van der Waals surface area contributed by atoms with E-state index in [0.29, 0.717) is 0 Å². The molecule has 1 rings (SSSR count). The van der Waals surface area contributed by atoms with Crippen LogP contribution >= 0.6 is 24.2 Å². The van der Waals surface area contributed by atoms with E-state index in [1.54, 1.807) is 11.8 Å². The molecule has 1 aliphatic heterocycles. The molecule has 0 radical (unpaired) electrons. The number of nitrogens with one attached hydrogen (secondary N) is 1. The average Bonchev–Trinajstić information content (AvgIpc) is 2.17. The molecule has 0 bridgehead atoms. The first-order valence-electron chi connectivity index (χ1n) is 4.76. The van der Waals surface area contributed by atoms with Gasteiger partial charge in [-0.15, -0.1) is 12.4 Å². The molecule has 2 N–H and O–H groups in total. The van der Waals surface area contributed by atoms with Crippen molar-refractivity contribution in [1.82, 2.24) is 5.32 Å². The molecule has 3 nitrogen and oxygen atoms in total. The van der Waals surface area contributed by atoms with Gasteiger partial charge < -0.3 is 10.4 Å². The fourth-order valence-corrected chi connectivity index (χ4v) is 3.29. The topological polar surface area (TPSA) is 49.3 Å². The number of carboxylic acids is 1. The van der Waals surface area contributed by atoms with E-state index in [4.69, 9.17) is 5.11 Å². The van der Waals surface area contributed by atoms with Crippen LogP contribution in [0.4, 0.5) is 0 Å². The van der Waals surface area contributed by atoms with Crippen molar-refractivity contribution in [2.45, 2.75) is 37.5 Å². The fourth-order valence-electron chi connectivity index (χ4n) is 1.90. The maximum absolute atomic E-state index is 11.0. The van der Waals surface area contributed by atoms with Crippen LogP contribution in [-0.2, 0) is 4.79 Å². The average molecular weight is 240 g/mol. The summed E-state index contributed by atoms with van der Waals surface area (Å²) < 4.78 is -0.0932. The Labute approximate surface area is 95.4 Å². The lowest BCUT2D eigenvalue weighted by molar-refractivity contribution is -0.140. The van der Waals surface area contributed by atoms with Gasteiger partial charge in [-0.2, -0.15) is 11.8 Å². The van der Waals surface area contributed by atoms with Gasteiger partial charge in [0.25, 0.3) is 0 Å². The fraction of sp³-hybridized carbons (Fsp3) is 0.889. The molecule has 0 saturated carbocycles. The number of rotatable bonds is 3. The Morgan fingerprint density at radius 3 is 2.50 bits per heavy atom. The van der Waals surface area contributed by atoms with Crippen LogP contribution in [0.15, 0.2) is 0 Å². The van der Waals surface area contributed by atoms with E-state index >= 15 is 0 Å². The first-order chi connectivity index (χ1) is 6.16. The third-order valence-corrected chi connectivity index (χ3v) is 4.61. The van der Waals surface area contributed by atoms with Crippen molar-refractivity contribution in [3.05, 3.63) is 0 Å². The molecule has 1 aliphatic rings. The summed E-state index contributed by atoms with van der Waals surface area (Å²) in [4.78, 5) is 11.0. The van der Waals surface area contributed by atoms with Crippen LogP contribution in [0.3, 0.4) is 0 Å². The molecule has 1 fully saturated rings. The molecule has 14 heavy (non-hydrogen) atoms. The molecule has 1 unspecified atom stereocenters. The van der Waals surface area contributed by atoms with Gasteiger partial charge in [0.05, 0.1) is 0 Å². The Balaban J connectivity index is 0.00000169. The van der Waals surface area contributed by atoms with Gasteiger partial charge in [0.1, 0.15) is 6.04 Å². The third kappa shape index (κ3) is 2.55. The maximum atomic E-state index is 11.0. The zero-order valence-electron chi connectivity index (χ0n) is 8.58. The van der Waals surface area contributed by atoms with Gasteiger partial charge >= 0.3 is 5.97 Å². The third-order valence-electron chi connectivity index (χ3n) is 2.81. The highest BCUT2D eigenvalue weighted by molar-refractivity contribution is 8.00. The lowest BCUT2D eigenvalue weighted by Crippen LogP contribution is -2.56. The Morgan fingerprint density at radius 2 is 2.14 bits per heavy atom. The van der Waals surface area contributed by atoms with Gasteiger partial charge in [-0.25, -0.2) is 0 Å². The summed E-state index contributed by atoms with van der Waals surface area (Å²) in [5, 5.41) is 12.2. The first-order valence-corrected chi connectivity index (χ1v) is 5.75. The number of hydrogen-bond acceptors (Lipinski definition) is 3. The summed E-state index contributed by atoms with van der Waals surface area (Å²) in [7, 11) is 0. The van der Waals surface area contributed by atoms with Crippen LogP contribution in [0.25, 0.3) is 0 Å². The van der Waals surface area contributed by atoms with Crippen LogP contribution in [-0.4, -0.2) is 34.2 Å². The van der Waals surface area contributed by atoms with Crippen molar-refractivity contribution < 1.29 is 9.90 Å².